The summed E-state index contributed by atoms with van der Waals surface area (Å²) in [6, 6.07) is 4.42. The van der Waals surface area contributed by atoms with Crippen molar-refractivity contribution in [1.82, 2.24) is 20.0 Å². The molecular weight excluding hydrogens is 224 g/mol. The molecule has 0 aromatic carbocycles. The van der Waals surface area contributed by atoms with Crippen LogP contribution in [-0.4, -0.2) is 39.4 Å². The van der Waals surface area contributed by atoms with Crippen molar-refractivity contribution in [3.05, 3.63) is 18.0 Å². The minimum atomic E-state index is 0.746. The number of hydrogen-bond acceptors (Lipinski definition) is 3. The number of rotatable bonds is 4. The third-order valence-electron chi connectivity index (χ3n) is 4.50. The van der Waals surface area contributed by atoms with Gasteiger partial charge in [-0.25, -0.2) is 0 Å². The number of fused-ring (bicyclic) bond motifs is 2. The smallest absolute Gasteiger partial charge is 0.0764 e. The fourth-order valence-corrected chi connectivity index (χ4v) is 3.58. The molecule has 2 saturated heterocycles. The first-order valence-electron chi connectivity index (χ1n) is 7.23. The van der Waals surface area contributed by atoms with Crippen LogP contribution in [0.1, 0.15) is 38.3 Å². The molecule has 2 aliphatic heterocycles. The Bertz CT molecular complexity index is 388. The zero-order chi connectivity index (χ0) is 12.5. The predicted molar refractivity (Wildman–Crippen MR) is 72.3 cm³/mol. The lowest BCUT2D eigenvalue weighted by Gasteiger charge is -2.37. The maximum absolute atomic E-state index is 4.51. The van der Waals surface area contributed by atoms with E-state index in [2.05, 4.69) is 28.3 Å². The van der Waals surface area contributed by atoms with Crippen molar-refractivity contribution >= 4 is 0 Å². The van der Waals surface area contributed by atoms with Gasteiger partial charge in [0.2, 0.25) is 0 Å². The van der Waals surface area contributed by atoms with Crippen LogP contribution >= 0.6 is 0 Å². The van der Waals surface area contributed by atoms with Gasteiger partial charge in [0.25, 0.3) is 0 Å². The minimum absolute atomic E-state index is 0.746. The number of piperidine rings is 1. The molecule has 2 bridgehead atoms. The quantitative estimate of drug-likeness (QED) is 0.877. The zero-order valence-corrected chi connectivity index (χ0v) is 11.5. The van der Waals surface area contributed by atoms with Gasteiger partial charge in [-0.3, -0.25) is 9.58 Å². The van der Waals surface area contributed by atoms with E-state index in [1.807, 2.05) is 17.9 Å². The molecule has 1 aromatic rings. The van der Waals surface area contributed by atoms with E-state index < -0.39 is 0 Å². The molecule has 0 amide bonds. The minimum Gasteiger partial charge on any atom is -0.311 e. The van der Waals surface area contributed by atoms with Crippen molar-refractivity contribution in [1.29, 1.82) is 0 Å². The molecule has 3 heterocycles. The summed E-state index contributed by atoms with van der Waals surface area (Å²) < 4.78 is 1.90. The molecule has 18 heavy (non-hydrogen) atoms. The van der Waals surface area contributed by atoms with E-state index in [4.69, 9.17) is 0 Å². The summed E-state index contributed by atoms with van der Waals surface area (Å²) in [6.45, 7) is 4.40. The van der Waals surface area contributed by atoms with Crippen LogP contribution < -0.4 is 5.32 Å². The lowest BCUT2D eigenvalue weighted by atomic mass is 9.98. The van der Waals surface area contributed by atoms with E-state index in [1.54, 1.807) is 0 Å². The molecule has 100 valence electrons. The number of nitrogens with zero attached hydrogens (tertiary/aromatic N) is 3. The summed E-state index contributed by atoms with van der Waals surface area (Å²) in [5.41, 5.74) is 1.20. The summed E-state index contributed by atoms with van der Waals surface area (Å²) in [7, 11) is 1.99. The van der Waals surface area contributed by atoms with E-state index >= 15 is 0 Å². The van der Waals surface area contributed by atoms with Gasteiger partial charge in [-0.15, -0.1) is 0 Å². The SMILES string of the molecule is CCN(Cc1ccn(C)n1)C1CC2CCC(C1)N2. The van der Waals surface area contributed by atoms with Gasteiger partial charge in [0.05, 0.1) is 5.69 Å². The summed E-state index contributed by atoms with van der Waals surface area (Å²) in [5.74, 6) is 0. The van der Waals surface area contributed by atoms with Gasteiger partial charge in [0.15, 0.2) is 0 Å². The van der Waals surface area contributed by atoms with Crippen molar-refractivity contribution < 1.29 is 0 Å². The van der Waals surface area contributed by atoms with Crippen LogP contribution in [0.4, 0.5) is 0 Å². The predicted octanol–water partition coefficient (Wildman–Crippen LogP) is 1.52. The van der Waals surface area contributed by atoms with Crippen molar-refractivity contribution in [3.63, 3.8) is 0 Å². The van der Waals surface area contributed by atoms with Crippen molar-refractivity contribution in [2.45, 2.75) is 57.3 Å². The van der Waals surface area contributed by atoms with Crippen LogP contribution in [-0.2, 0) is 13.6 Å². The Morgan fingerprint density at radius 3 is 2.67 bits per heavy atom. The molecule has 0 radical (unpaired) electrons. The molecule has 3 rings (SSSR count). The molecule has 4 heteroatoms. The Balaban J connectivity index is 1.65. The Kier molecular flexibility index (Phi) is 3.39. The summed E-state index contributed by atoms with van der Waals surface area (Å²) in [5, 5.41) is 8.23. The number of hydrogen-bond donors (Lipinski definition) is 1. The number of aryl methyl sites for hydroxylation is 1. The zero-order valence-electron chi connectivity index (χ0n) is 11.5. The standard InChI is InChI=1S/C14H24N4/c1-3-18(10-13-6-7-17(2)16-13)14-8-11-4-5-12(9-14)15-11/h6-7,11-12,14-15H,3-5,8-10H2,1-2H3. The van der Waals surface area contributed by atoms with Crippen LogP contribution in [0.25, 0.3) is 0 Å². The lowest BCUT2D eigenvalue weighted by molar-refractivity contribution is 0.139. The van der Waals surface area contributed by atoms with Gasteiger partial charge in [0.1, 0.15) is 0 Å². The van der Waals surface area contributed by atoms with E-state index in [9.17, 15) is 0 Å². The Morgan fingerprint density at radius 2 is 2.11 bits per heavy atom. The highest BCUT2D eigenvalue weighted by Gasteiger charge is 2.35. The molecule has 0 spiro atoms. The average Bonchev–Trinajstić information content (AvgIpc) is 2.92. The maximum Gasteiger partial charge on any atom is 0.0764 e. The van der Waals surface area contributed by atoms with Crippen molar-refractivity contribution in [2.75, 3.05) is 6.54 Å². The highest BCUT2D eigenvalue weighted by molar-refractivity contribution is 5.01. The topological polar surface area (TPSA) is 33.1 Å². The highest BCUT2D eigenvalue weighted by Crippen LogP contribution is 2.30. The Morgan fingerprint density at radius 1 is 1.39 bits per heavy atom. The van der Waals surface area contributed by atoms with Gasteiger partial charge < -0.3 is 5.32 Å². The first-order valence-corrected chi connectivity index (χ1v) is 7.23. The van der Waals surface area contributed by atoms with Crippen LogP contribution in [0.3, 0.4) is 0 Å². The fourth-order valence-electron chi connectivity index (χ4n) is 3.58. The molecule has 0 aliphatic carbocycles. The van der Waals surface area contributed by atoms with E-state index in [0.717, 1.165) is 31.2 Å². The normalized spacial score (nSPS) is 31.2. The number of aromatic nitrogens is 2. The molecule has 2 fully saturated rings. The van der Waals surface area contributed by atoms with Crippen LogP contribution in [0, 0.1) is 0 Å². The fraction of sp³-hybridized carbons (Fsp3) is 0.786. The molecule has 0 saturated carbocycles. The molecule has 1 N–H and O–H groups in total. The van der Waals surface area contributed by atoms with Crippen LogP contribution in [0.15, 0.2) is 12.3 Å². The van der Waals surface area contributed by atoms with Gasteiger partial charge in [0, 0.05) is 37.9 Å². The lowest BCUT2D eigenvalue weighted by Crippen LogP contribution is -2.47. The molecule has 4 nitrogen and oxygen atoms in total. The maximum atomic E-state index is 4.51. The Hall–Kier alpha value is -0.870. The summed E-state index contributed by atoms with van der Waals surface area (Å²) in [6.07, 6.45) is 7.42. The van der Waals surface area contributed by atoms with Gasteiger partial charge in [-0.2, -0.15) is 5.10 Å². The largest absolute Gasteiger partial charge is 0.311 e. The molecule has 2 unspecified atom stereocenters. The van der Waals surface area contributed by atoms with Crippen LogP contribution in [0.2, 0.25) is 0 Å². The molecule has 1 aromatic heterocycles. The van der Waals surface area contributed by atoms with Crippen LogP contribution in [0.5, 0.6) is 0 Å². The first kappa shape index (κ1) is 12.2. The first-order chi connectivity index (χ1) is 8.74. The van der Waals surface area contributed by atoms with Gasteiger partial charge in [-0.1, -0.05) is 6.92 Å². The molecule has 2 atom stereocenters. The van der Waals surface area contributed by atoms with E-state index in [1.165, 1.54) is 31.4 Å². The Labute approximate surface area is 109 Å². The third-order valence-corrected chi connectivity index (χ3v) is 4.50. The van der Waals surface area contributed by atoms with Crippen molar-refractivity contribution in [3.8, 4) is 0 Å². The number of nitrogens with one attached hydrogen (secondary N) is 1. The van der Waals surface area contributed by atoms with Gasteiger partial charge >= 0.3 is 0 Å². The van der Waals surface area contributed by atoms with Crippen molar-refractivity contribution in [2.24, 2.45) is 7.05 Å². The third kappa shape index (κ3) is 2.45. The average molecular weight is 248 g/mol. The van der Waals surface area contributed by atoms with E-state index in [0.29, 0.717) is 0 Å². The second-order valence-electron chi connectivity index (χ2n) is 5.81. The highest BCUT2D eigenvalue weighted by atomic mass is 15.3. The van der Waals surface area contributed by atoms with Gasteiger partial charge in [-0.05, 0) is 38.3 Å². The second-order valence-corrected chi connectivity index (χ2v) is 5.81. The molecule has 2 aliphatic rings. The molecular formula is C14H24N4. The summed E-state index contributed by atoms with van der Waals surface area (Å²) in [4.78, 5) is 2.61. The monoisotopic (exact) mass is 248 g/mol. The summed E-state index contributed by atoms with van der Waals surface area (Å²) >= 11 is 0. The van der Waals surface area contributed by atoms with E-state index in [-0.39, 0.29) is 0 Å². The second kappa shape index (κ2) is 5.02.